The van der Waals surface area contributed by atoms with Gasteiger partial charge in [-0.05, 0) is 56.2 Å². The first kappa shape index (κ1) is 20.8. The molecule has 6 nitrogen and oxygen atoms in total. The number of anilines is 2. The van der Waals surface area contributed by atoms with Crippen molar-refractivity contribution in [1.29, 1.82) is 0 Å². The molecular formula is C21H20ClFN2O4. The predicted octanol–water partition coefficient (Wildman–Crippen LogP) is 4.10. The Hall–Kier alpha value is -2.93. The topological polar surface area (TPSA) is 75.7 Å². The highest BCUT2D eigenvalue weighted by Gasteiger charge is 2.25. The quantitative estimate of drug-likeness (QED) is 0.742. The van der Waals surface area contributed by atoms with Crippen molar-refractivity contribution >= 4 is 40.8 Å². The van der Waals surface area contributed by atoms with Gasteiger partial charge < -0.3 is 15.0 Å². The van der Waals surface area contributed by atoms with Gasteiger partial charge in [0, 0.05) is 18.7 Å². The fourth-order valence-corrected chi connectivity index (χ4v) is 3.17. The van der Waals surface area contributed by atoms with Gasteiger partial charge in [-0.2, -0.15) is 0 Å². The molecule has 1 N–H and O–H groups in total. The Morgan fingerprint density at radius 3 is 2.66 bits per heavy atom. The third-order valence-corrected chi connectivity index (χ3v) is 4.96. The Bertz CT molecular complexity index is 979. The Morgan fingerprint density at radius 2 is 2.00 bits per heavy atom. The molecular weight excluding hydrogens is 399 g/mol. The van der Waals surface area contributed by atoms with Crippen molar-refractivity contribution < 1.29 is 23.5 Å². The van der Waals surface area contributed by atoms with Crippen molar-refractivity contribution in [1.82, 2.24) is 0 Å². The summed E-state index contributed by atoms with van der Waals surface area (Å²) in [6.45, 7) is 3.56. The number of nitrogens with zero attached hydrogens (tertiary/aromatic N) is 1. The van der Waals surface area contributed by atoms with Crippen molar-refractivity contribution in [2.75, 3.05) is 16.8 Å². The summed E-state index contributed by atoms with van der Waals surface area (Å²) in [6.07, 6.45) is 0.0436. The second kappa shape index (κ2) is 8.61. The lowest BCUT2D eigenvalue weighted by molar-refractivity contribution is -0.123. The molecule has 1 fully saturated rings. The predicted molar refractivity (Wildman–Crippen MR) is 108 cm³/mol. The van der Waals surface area contributed by atoms with Gasteiger partial charge in [0.15, 0.2) is 6.10 Å². The zero-order chi connectivity index (χ0) is 21.1. The number of hydrogen-bond acceptors (Lipinski definition) is 4. The van der Waals surface area contributed by atoms with Crippen molar-refractivity contribution in [3.05, 3.63) is 58.4 Å². The van der Waals surface area contributed by atoms with Crippen molar-refractivity contribution in [2.24, 2.45) is 0 Å². The van der Waals surface area contributed by atoms with Gasteiger partial charge in [-0.15, -0.1) is 0 Å². The number of ether oxygens (including phenoxy) is 1. The number of esters is 1. The first-order valence-electron chi connectivity index (χ1n) is 9.14. The number of amides is 2. The first-order valence-corrected chi connectivity index (χ1v) is 9.52. The van der Waals surface area contributed by atoms with Gasteiger partial charge in [-0.25, -0.2) is 9.18 Å². The summed E-state index contributed by atoms with van der Waals surface area (Å²) < 4.78 is 18.8. The lowest BCUT2D eigenvalue weighted by atomic mass is 10.2. The van der Waals surface area contributed by atoms with Gasteiger partial charge in [0.1, 0.15) is 5.82 Å². The highest BCUT2D eigenvalue weighted by Crippen LogP contribution is 2.30. The summed E-state index contributed by atoms with van der Waals surface area (Å²) in [5, 5.41) is 2.86. The number of carbonyl (C=O) groups is 3. The highest BCUT2D eigenvalue weighted by molar-refractivity contribution is 6.34. The van der Waals surface area contributed by atoms with Crippen LogP contribution in [0.4, 0.5) is 15.8 Å². The number of nitrogens with one attached hydrogen (secondary N) is 1. The van der Waals surface area contributed by atoms with Crippen LogP contribution >= 0.6 is 11.6 Å². The Labute approximate surface area is 172 Å². The molecule has 0 radical (unpaired) electrons. The molecule has 1 aliphatic heterocycles. The molecule has 0 spiro atoms. The van der Waals surface area contributed by atoms with Gasteiger partial charge in [-0.1, -0.05) is 17.7 Å². The number of carbonyl (C=O) groups excluding carboxylic acids is 3. The van der Waals surface area contributed by atoms with Crippen LogP contribution in [-0.4, -0.2) is 30.4 Å². The molecule has 2 aromatic carbocycles. The van der Waals surface area contributed by atoms with Gasteiger partial charge >= 0.3 is 5.97 Å². The van der Waals surface area contributed by atoms with Crippen LogP contribution in [0.3, 0.4) is 0 Å². The van der Waals surface area contributed by atoms with E-state index in [2.05, 4.69) is 5.32 Å². The zero-order valence-electron chi connectivity index (χ0n) is 16.0. The van der Waals surface area contributed by atoms with E-state index < -0.39 is 23.8 Å². The van der Waals surface area contributed by atoms with Crippen LogP contribution in [0.2, 0.25) is 5.02 Å². The minimum Gasteiger partial charge on any atom is -0.449 e. The number of aryl methyl sites for hydroxylation is 1. The van der Waals surface area contributed by atoms with Gasteiger partial charge in [0.05, 0.1) is 16.3 Å². The largest absolute Gasteiger partial charge is 0.449 e. The van der Waals surface area contributed by atoms with Crippen LogP contribution in [-0.2, 0) is 14.3 Å². The van der Waals surface area contributed by atoms with Crippen LogP contribution in [0, 0.1) is 12.7 Å². The standard InChI is InChI=1S/C21H20ClFN2O4/c1-12-5-7-15(11-17(12)23)24-20(27)13(2)29-21(28)14-6-8-16(22)18(10-14)25-9-3-4-19(25)26/h5-8,10-11,13H,3-4,9H2,1-2H3,(H,24,27)/t13-/m1/s1. The van der Waals surface area contributed by atoms with E-state index in [0.717, 1.165) is 6.42 Å². The molecule has 2 amide bonds. The summed E-state index contributed by atoms with van der Waals surface area (Å²) >= 11 is 6.18. The second-order valence-electron chi connectivity index (χ2n) is 6.82. The van der Waals surface area contributed by atoms with Crippen LogP contribution in [0.25, 0.3) is 0 Å². The SMILES string of the molecule is Cc1ccc(NC(=O)[C@@H](C)OC(=O)c2ccc(Cl)c(N3CCCC3=O)c2)cc1F. The van der Waals surface area contributed by atoms with Gasteiger partial charge in [0.2, 0.25) is 5.91 Å². The lowest BCUT2D eigenvalue weighted by Crippen LogP contribution is -2.30. The van der Waals surface area contributed by atoms with Crippen LogP contribution in [0.1, 0.15) is 35.7 Å². The van der Waals surface area contributed by atoms with Crippen LogP contribution in [0.15, 0.2) is 36.4 Å². The van der Waals surface area contributed by atoms with E-state index in [1.165, 1.54) is 42.2 Å². The summed E-state index contributed by atoms with van der Waals surface area (Å²) in [4.78, 5) is 38.2. The van der Waals surface area contributed by atoms with Crippen molar-refractivity contribution in [3.63, 3.8) is 0 Å². The fourth-order valence-electron chi connectivity index (χ4n) is 2.95. The van der Waals surface area contributed by atoms with E-state index in [1.807, 2.05) is 0 Å². The normalized spacial score (nSPS) is 14.6. The molecule has 0 aliphatic carbocycles. The van der Waals surface area contributed by atoms with Gasteiger partial charge in [-0.3, -0.25) is 9.59 Å². The van der Waals surface area contributed by atoms with Crippen molar-refractivity contribution in [2.45, 2.75) is 32.8 Å². The number of rotatable bonds is 5. The third kappa shape index (κ3) is 4.74. The maximum atomic E-state index is 13.6. The molecule has 1 saturated heterocycles. The average Bonchev–Trinajstić information content (AvgIpc) is 3.10. The summed E-state index contributed by atoms with van der Waals surface area (Å²) in [7, 11) is 0. The second-order valence-corrected chi connectivity index (χ2v) is 7.22. The van der Waals surface area contributed by atoms with Crippen LogP contribution in [0.5, 0.6) is 0 Å². The average molecular weight is 419 g/mol. The zero-order valence-corrected chi connectivity index (χ0v) is 16.8. The highest BCUT2D eigenvalue weighted by atomic mass is 35.5. The lowest BCUT2D eigenvalue weighted by Gasteiger charge is -2.19. The Morgan fingerprint density at radius 1 is 1.24 bits per heavy atom. The summed E-state index contributed by atoms with van der Waals surface area (Å²) in [6, 6.07) is 8.75. The first-order chi connectivity index (χ1) is 13.8. The third-order valence-electron chi connectivity index (χ3n) is 4.64. The van der Waals surface area contributed by atoms with E-state index >= 15 is 0 Å². The molecule has 152 valence electrons. The van der Waals surface area contributed by atoms with E-state index in [1.54, 1.807) is 13.0 Å². The van der Waals surface area contributed by atoms with E-state index in [0.29, 0.717) is 29.2 Å². The fraction of sp³-hybridized carbons (Fsp3) is 0.286. The molecule has 0 saturated carbocycles. The smallest absolute Gasteiger partial charge is 0.338 e. The minimum absolute atomic E-state index is 0.0597. The molecule has 1 aliphatic rings. The Balaban J connectivity index is 1.68. The maximum absolute atomic E-state index is 13.6. The minimum atomic E-state index is -1.11. The molecule has 0 aromatic heterocycles. The Kier molecular flexibility index (Phi) is 6.17. The summed E-state index contributed by atoms with van der Waals surface area (Å²) in [5.41, 5.74) is 1.33. The molecule has 29 heavy (non-hydrogen) atoms. The molecule has 1 atom stereocenters. The molecule has 2 aromatic rings. The van der Waals surface area contributed by atoms with E-state index in [9.17, 15) is 18.8 Å². The number of hydrogen-bond donors (Lipinski definition) is 1. The summed E-state index contributed by atoms with van der Waals surface area (Å²) in [5.74, 6) is -1.83. The van der Waals surface area contributed by atoms with Crippen molar-refractivity contribution in [3.8, 4) is 0 Å². The molecule has 0 bridgehead atoms. The number of halogens is 2. The molecule has 8 heteroatoms. The maximum Gasteiger partial charge on any atom is 0.338 e. The van der Waals surface area contributed by atoms with E-state index in [4.69, 9.17) is 16.3 Å². The molecule has 1 heterocycles. The monoisotopic (exact) mass is 418 g/mol. The van der Waals surface area contributed by atoms with Crippen LogP contribution < -0.4 is 10.2 Å². The van der Waals surface area contributed by atoms with E-state index in [-0.39, 0.29) is 17.2 Å². The number of benzene rings is 2. The molecule has 0 unspecified atom stereocenters. The molecule has 3 rings (SSSR count). The van der Waals surface area contributed by atoms with Gasteiger partial charge in [0.25, 0.3) is 5.91 Å².